The van der Waals surface area contributed by atoms with E-state index in [0.717, 1.165) is 51.9 Å². The Balaban J connectivity index is 1.91. The molecule has 2 aliphatic heterocycles. The van der Waals surface area contributed by atoms with E-state index in [-0.39, 0.29) is 0 Å². The van der Waals surface area contributed by atoms with Gasteiger partial charge in [-0.3, -0.25) is 0 Å². The van der Waals surface area contributed by atoms with Gasteiger partial charge in [0.25, 0.3) is 0 Å². The molecule has 0 aromatic heterocycles. The summed E-state index contributed by atoms with van der Waals surface area (Å²) in [6.07, 6.45) is 6.58. The zero-order valence-electron chi connectivity index (χ0n) is 10.5. The number of nitrogens with one attached hydrogen (secondary N) is 1. The van der Waals surface area contributed by atoms with Crippen molar-refractivity contribution in [2.75, 3.05) is 31.9 Å². The summed E-state index contributed by atoms with van der Waals surface area (Å²) in [6.45, 7) is 3.39. The molecule has 0 bridgehead atoms. The summed E-state index contributed by atoms with van der Waals surface area (Å²) in [4.78, 5) is 0. The van der Waals surface area contributed by atoms with Crippen LogP contribution in [0.1, 0.15) is 38.5 Å². The fourth-order valence-corrected chi connectivity index (χ4v) is 4.69. The van der Waals surface area contributed by atoms with Crippen LogP contribution in [-0.4, -0.2) is 44.7 Å². The van der Waals surface area contributed by atoms with E-state index in [4.69, 9.17) is 0 Å². The van der Waals surface area contributed by atoms with Gasteiger partial charge in [-0.2, -0.15) is 0 Å². The van der Waals surface area contributed by atoms with E-state index < -0.39 is 10.0 Å². The number of rotatable bonds is 3. The molecule has 0 saturated carbocycles. The average Bonchev–Trinajstić information content (AvgIpc) is 2.58. The Labute approximate surface area is 105 Å². The molecule has 1 atom stereocenters. The van der Waals surface area contributed by atoms with E-state index in [0.29, 0.717) is 11.7 Å². The lowest BCUT2D eigenvalue weighted by Gasteiger charge is -2.26. The van der Waals surface area contributed by atoms with Crippen molar-refractivity contribution >= 4 is 10.0 Å². The minimum absolute atomic E-state index is 0.317. The molecule has 0 amide bonds. The summed E-state index contributed by atoms with van der Waals surface area (Å²) in [7, 11) is -3.01. The standard InChI is InChI=1S/C12H24N2O2S/c15-17(16,11-12-6-5-7-13-10-12)14-8-3-1-2-4-9-14/h12-13H,1-11H2. The van der Waals surface area contributed by atoms with Gasteiger partial charge in [0, 0.05) is 13.1 Å². The first kappa shape index (κ1) is 13.3. The van der Waals surface area contributed by atoms with Crippen LogP contribution >= 0.6 is 0 Å². The summed E-state index contributed by atoms with van der Waals surface area (Å²) in [5, 5.41) is 3.29. The molecule has 0 aromatic carbocycles. The van der Waals surface area contributed by atoms with Crippen molar-refractivity contribution in [3.05, 3.63) is 0 Å². The van der Waals surface area contributed by atoms with Crippen molar-refractivity contribution in [2.45, 2.75) is 38.5 Å². The van der Waals surface area contributed by atoms with Crippen molar-refractivity contribution in [3.63, 3.8) is 0 Å². The van der Waals surface area contributed by atoms with Gasteiger partial charge in [-0.1, -0.05) is 12.8 Å². The SMILES string of the molecule is O=S(=O)(CC1CCCNC1)N1CCCCCC1. The largest absolute Gasteiger partial charge is 0.316 e. The lowest BCUT2D eigenvalue weighted by molar-refractivity contribution is 0.381. The summed E-state index contributed by atoms with van der Waals surface area (Å²) < 4.78 is 26.3. The maximum absolute atomic E-state index is 12.3. The summed E-state index contributed by atoms with van der Waals surface area (Å²) in [5.41, 5.74) is 0. The van der Waals surface area contributed by atoms with Gasteiger partial charge in [-0.05, 0) is 44.7 Å². The highest BCUT2D eigenvalue weighted by Gasteiger charge is 2.27. The highest BCUT2D eigenvalue weighted by molar-refractivity contribution is 7.89. The van der Waals surface area contributed by atoms with Crippen LogP contribution in [0.5, 0.6) is 0 Å². The first-order valence-electron chi connectivity index (χ1n) is 6.87. The van der Waals surface area contributed by atoms with Crippen LogP contribution in [0, 0.1) is 5.92 Å². The molecule has 0 aliphatic carbocycles. The minimum atomic E-state index is -3.01. The molecule has 17 heavy (non-hydrogen) atoms. The summed E-state index contributed by atoms with van der Waals surface area (Å²) in [6, 6.07) is 0. The van der Waals surface area contributed by atoms with Crippen LogP contribution < -0.4 is 5.32 Å². The number of sulfonamides is 1. The van der Waals surface area contributed by atoms with Gasteiger partial charge in [0.15, 0.2) is 0 Å². The summed E-state index contributed by atoms with van der Waals surface area (Å²) >= 11 is 0. The number of hydrogen-bond acceptors (Lipinski definition) is 3. The van der Waals surface area contributed by atoms with Crippen LogP contribution in [0.2, 0.25) is 0 Å². The maximum Gasteiger partial charge on any atom is 0.214 e. The third-order valence-corrected chi connectivity index (χ3v) is 5.85. The molecule has 4 nitrogen and oxygen atoms in total. The van der Waals surface area contributed by atoms with Crippen LogP contribution in [0.25, 0.3) is 0 Å². The number of piperidine rings is 1. The first-order valence-corrected chi connectivity index (χ1v) is 8.48. The van der Waals surface area contributed by atoms with E-state index >= 15 is 0 Å². The van der Waals surface area contributed by atoms with Crippen molar-refractivity contribution in [1.29, 1.82) is 0 Å². The predicted molar refractivity (Wildman–Crippen MR) is 69.4 cm³/mol. The molecular formula is C12H24N2O2S. The Morgan fingerprint density at radius 3 is 2.35 bits per heavy atom. The Hall–Kier alpha value is -0.130. The van der Waals surface area contributed by atoms with Gasteiger partial charge in [-0.15, -0.1) is 0 Å². The molecule has 0 spiro atoms. The van der Waals surface area contributed by atoms with Crippen LogP contribution in [0.15, 0.2) is 0 Å². The van der Waals surface area contributed by atoms with E-state index in [1.807, 2.05) is 0 Å². The van der Waals surface area contributed by atoms with Gasteiger partial charge < -0.3 is 5.32 Å². The fourth-order valence-electron chi connectivity index (χ4n) is 2.79. The first-order chi connectivity index (χ1) is 8.18. The van der Waals surface area contributed by atoms with E-state index in [1.165, 1.54) is 12.8 Å². The molecule has 1 unspecified atom stereocenters. The molecule has 2 heterocycles. The van der Waals surface area contributed by atoms with Gasteiger partial charge in [-0.25, -0.2) is 12.7 Å². The van der Waals surface area contributed by atoms with Gasteiger partial charge in [0.2, 0.25) is 10.0 Å². The van der Waals surface area contributed by atoms with E-state index in [9.17, 15) is 8.42 Å². The highest BCUT2D eigenvalue weighted by Crippen LogP contribution is 2.18. The lowest BCUT2D eigenvalue weighted by atomic mass is 10.0. The molecule has 2 rings (SSSR count). The molecule has 0 aromatic rings. The molecule has 100 valence electrons. The van der Waals surface area contributed by atoms with Gasteiger partial charge in [0.05, 0.1) is 5.75 Å². The van der Waals surface area contributed by atoms with Crippen molar-refractivity contribution in [3.8, 4) is 0 Å². The molecule has 2 fully saturated rings. The van der Waals surface area contributed by atoms with Crippen LogP contribution in [-0.2, 0) is 10.0 Å². The third kappa shape index (κ3) is 3.93. The highest BCUT2D eigenvalue weighted by atomic mass is 32.2. The Kier molecular flexibility index (Phi) is 4.82. The Morgan fingerprint density at radius 2 is 1.76 bits per heavy atom. The summed E-state index contributed by atoms with van der Waals surface area (Å²) in [5.74, 6) is 0.664. The second kappa shape index (κ2) is 6.16. The number of hydrogen-bond donors (Lipinski definition) is 1. The van der Waals surface area contributed by atoms with Gasteiger partial charge in [0.1, 0.15) is 0 Å². The maximum atomic E-state index is 12.3. The second-order valence-corrected chi connectivity index (χ2v) is 7.32. The molecular weight excluding hydrogens is 236 g/mol. The minimum Gasteiger partial charge on any atom is -0.316 e. The van der Waals surface area contributed by atoms with Crippen molar-refractivity contribution in [1.82, 2.24) is 9.62 Å². The number of nitrogens with zero attached hydrogens (tertiary/aromatic N) is 1. The topological polar surface area (TPSA) is 49.4 Å². The lowest BCUT2D eigenvalue weighted by Crippen LogP contribution is -2.40. The van der Waals surface area contributed by atoms with Crippen LogP contribution in [0.3, 0.4) is 0 Å². The fraction of sp³-hybridized carbons (Fsp3) is 1.00. The smallest absolute Gasteiger partial charge is 0.214 e. The van der Waals surface area contributed by atoms with Crippen molar-refractivity contribution in [2.24, 2.45) is 5.92 Å². The molecule has 5 heteroatoms. The monoisotopic (exact) mass is 260 g/mol. The molecule has 0 radical (unpaired) electrons. The third-order valence-electron chi connectivity index (χ3n) is 3.80. The van der Waals surface area contributed by atoms with Gasteiger partial charge >= 0.3 is 0 Å². The van der Waals surface area contributed by atoms with E-state index in [2.05, 4.69) is 5.32 Å². The average molecular weight is 260 g/mol. The van der Waals surface area contributed by atoms with E-state index in [1.54, 1.807) is 4.31 Å². The quantitative estimate of drug-likeness (QED) is 0.829. The zero-order chi connectivity index (χ0) is 12.1. The molecule has 1 N–H and O–H groups in total. The Morgan fingerprint density at radius 1 is 1.06 bits per heavy atom. The zero-order valence-corrected chi connectivity index (χ0v) is 11.3. The van der Waals surface area contributed by atoms with Crippen molar-refractivity contribution < 1.29 is 8.42 Å². The molecule has 2 saturated heterocycles. The molecule has 2 aliphatic rings. The predicted octanol–water partition coefficient (Wildman–Crippen LogP) is 1.19. The second-order valence-electron chi connectivity index (χ2n) is 5.30. The normalized spacial score (nSPS) is 28.8. The Bertz CT molecular complexity index is 315. The van der Waals surface area contributed by atoms with Crippen LogP contribution in [0.4, 0.5) is 0 Å².